The number of nitrogens with zero attached hydrogens (tertiary/aromatic N) is 3. The average Bonchev–Trinajstić information content (AvgIpc) is 2.93. The molecule has 11 nitrogen and oxygen atoms in total. The lowest BCUT2D eigenvalue weighted by molar-refractivity contribution is -0.141. The standard InChI is InChI=1S/C33H48N3O8P/c1-8-42-45(41)22-21-35(23-26-13-9-10-14-27(26)25-15-18-34-19-16-25)24-33(45,28(37)38)17-11-12-20-36(29(39)43-31(2,3)4)30(40)44-32(5,6)7/h9-10,13-16,18-19H,8,11-12,17,20-24H2,1-7H3,(H,37,38). The summed E-state index contributed by atoms with van der Waals surface area (Å²) in [5.74, 6) is -1.18. The number of benzene rings is 1. The molecule has 1 N–H and O–H groups in total. The van der Waals surface area contributed by atoms with E-state index in [1.165, 1.54) is 0 Å². The zero-order valence-corrected chi connectivity index (χ0v) is 28.5. The van der Waals surface area contributed by atoms with Crippen molar-refractivity contribution in [2.45, 2.75) is 90.6 Å². The Bertz CT molecular complexity index is 1340. The zero-order chi connectivity index (χ0) is 33.5. The van der Waals surface area contributed by atoms with E-state index >= 15 is 0 Å². The van der Waals surface area contributed by atoms with Crippen molar-refractivity contribution in [2.24, 2.45) is 0 Å². The van der Waals surface area contributed by atoms with Crippen molar-refractivity contribution >= 4 is 25.5 Å². The Hall–Kier alpha value is -3.27. The van der Waals surface area contributed by atoms with Crippen LogP contribution < -0.4 is 0 Å². The van der Waals surface area contributed by atoms with Gasteiger partial charge in [0.15, 0.2) is 5.16 Å². The first kappa shape index (κ1) is 36.2. The van der Waals surface area contributed by atoms with Crippen molar-refractivity contribution in [3.63, 3.8) is 0 Å². The van der Waals surface area contributed by atoms with E-state index in [0.29, 0.717) is 13.1 Å². The van der Waals surface area contributed by atoms with Gasteiger partial charge in [0.2, 0.25) is 7.37 Å². The molecule has 2 heterocycles. The van der Waals surface area contributed by atoms with E-state index in [1.807, 2.05) is 41.3 Å². The average molecular weight is 646 g/mol. The molecule has 2 atom stereocenters. The lowest BCUT2D eigenvalue weighted by Gasteiger charge is -2.45. The number of pyridine rings is 1. The third kappa shape index (κ3) is 9.61. The third-order valence-electron chi connectivity index (χ3n) is 7.44. The molecule has 1 aromatic carbocycles. The number of unbranched alkanes of at least 4 members (excludes halogenated alkanes) is 1. The predicted octanol–water partition coefficient (Wildman–Crippen LogP) is 7.04. The number of carbonyl (C=O) groups is 3. The van der Waals surface area contributed by atoms with Crippen LogP contribution >= 0.6 is 7.37 Å². The van der Waals surface area contributed by atoms with Gasteiger partial charge in [-0.05, 0) is 96.6 Å². The minimum Gasteiger partial charge on any atom is -0.480 e. The Labute approximate surface area is 266 Å². The molecule has 0 saturated carbocycles. The van der Waals surface area contributed by atoms with Crippen molar-refractivity contribution in [2.75, 3.05) is 32.4 Å². The van der Waals surface area contributed by atoms with Crippen molar-refractivity contribution in [3.05, 3.63) is 54.4 Å². The maximum Gasteiger partial charge on any atom is 0.419 e. The predicted molar refractivity (Wildman–Crippen MR) is 172 cm³/mol. The van der Waals surface area contributed by atoms with Crippen molar-refractivity contribution in [1.82, 2.24) is 14.8 Å². The first-order valence-corrected chi connectivity index (χ1v) is 17.2. The fourth-order valence-corrected chi connectivity index (χ4v) is 8.41. The number of rotatable bonds is 11. The Morgan fingerprint density at radius 3 is 2.13 bits per heavy atom. The molecular weight excluding hydrogens is 597 g/mol. The summed E-state index contributed by atoms with van der Waals surface area (Å²) in [7, 11) is -3.63. The number of amides is 2. The number of aromatic nitrogens is 1. The number of ether oxygens (including phenoxy) is 2. The molecule has 1 fully saturated rings. The van der Waals surface area contributed by atoms with Gasteiger partial charge in [0, 0.05) is 44.7 Å². The fraction of sp³-hybridized carbons (Fsp3) is 0.576. The molecule has 12 heteroatoms. The Morgan fingerprint density at radius 2 is 1.58 bits per heavy atom. The molecule has 248 valence electrons. The smallest absolute Gasteiger partial charge is 0.419 e. The molecule has 3 rings (SSSR count). The van der Waals surface area contributed by atoms with Gasteiger partial charge in [0.25, 0.3) is 0 Å². The van der Waals surface area contributed by atoms with Crippen molar-refractivity contribution in [3.8, 4) is 11.1 Å². The minimum absolute atomic E-state index is 0.0339. The topological polar surface area (TPSA) is 136 Å². The summed E-state index contributed by atoms with van der Waals surface area (Å²) in [6, 6.07) is 11.8. The van der Waals surface area contributed by atoms with Crippen LogP contribution in [0.5, 0.6) is 0 Å². The molecule has 1 aliphatic heterocycles. The second-order valence-electron chi connectivity index (χ2n) is 13.3. The molecule has 2 unspecified atom stereocenters. The molecule has 2 aromatic rings. The lowest BCUT2D eigenvalue weighted by Crippen LogP contribution is -2.54. The summed E-state index contributed by atoms with van der Waals surface area (Å²) in [5.41, 5.74) is 1.36. The normalized spacial score (nSPS) is 20.8. The summed E-state index contributed by atoms with van der Waals surface area (Å²) in [6.45, 7) is 12.9. The van der Waals surface area contributed by atoms with Crippen molar-refractivity contribution < 1.29 is 38.1 Å². The molecule has 0 bridgehead atoms. The molecule has 1 saturated heterocycles. The van der Waals surface area contributed by atoms with E-state index in [4.69, 9.17) is 14.0 Å². The monoisotopic (exact) mass is 645 g/mol. The Morgan fingerprint density at radius 1 is 0.978 bits per heavy atom. The van der Waals surface area contributed by atoms with E-state index in [1.54, 1.807) is 60.9 Å². The molecule has 1 aliphatic rings. The number of hydrogen-bond donors (Lipinski definition) is 1. The highest BCUT2D eigenvalue weighted by Crippen LogP contribution is 2.63. The highest BCUT2D eigenvalue weighted by atomic mass is 31.2. The molecule has 45 heavy (non-hydrogen) atoms. The first-order chi connectivity index (χ1) is 21.0. The highest BCUT2D eigenvalue weighted by Gasteiger charge is 2.58. The van der Waals surface area contributed by atoms with Gasteiger partial charge in [-0.25, -0.2) is 14.5 Å². The maximum absolute atomic E-state index is 14.3. The molecular formula is C33H48N3O8P. The third-order valence-corrected chi connectivity index (χ3v) is 10.8. The Balaban J connectivity index is 1.82. The van der Waals surface area contributed by atoms with Crippen LogP contribution in [0, 0.1) is 0 Å². The molecule has 2 amide bonds. The minimum atomic E-state index is -3.63. The van der Waals surface area contributed by atoms with Crippen LogP contribution in [-0.2, 0) is 29.9 Å². The van der Waals surface area contributed by atoms with Gasteiger partial charge < -0.3 is 19.1 Å². The van der Waals surface area contributed by atoms with E-state index < -0.39 is 41.9 Å². The van der Waals surface area contributed by atoms with Crippen LogP contribution in [0.1, 0.15) is 73.3 Å². The summed E-state index contributed by atoms with van der Waals surface area (Å²) in [6.07, 6.45) is 2.44. The van der Waals surface area contributed by atoms with Gasteiger partial charge in [0.1, 0.15) is 11.2 Å². The van der Waals surface area contributed by atoms with E-state index in [9.17, 15) is 24.1 Å². The second-order valence-corrected chi connectivity index (χ2v) is 16.2. The van der Waals surface area contributed by atoms with Crippen LogP contribution in [0.15, 0.2) is 48.8 Å². The van der Waals surface area contributed by atoms with Gasteiger partial charge in [-0.3, -0.25) is 19.2 Å². The SMILES string of the molecule is CCOP1(=O)CCN(Cc2ccccc2-c2ccncc2)CC1(CCCCN(C(=O)OC(C)(C)C)C(=O)OC(C)(C)C)C(=O)O. The number of carboxylic acids is 1. The van der Waals surface area contributed by atoms with E-state index in [2.05, 4.69) is 4.98 Å². The number of imide groups is 1. The van der Waals surface area contributed by atoms with Crippen LogP contribution in [0.2, 0.25) is 0 Å². The highest BCUT2D eigenvalue weighted by molar-refractivity contribution is 7.62. The maximum atomic E-state index is 14.3. The van der Waals surface area contributed by atoms with E-state index in [0.717, 1.165) is 21.6 Å². The number of carboxylic acid groups (broad SMARTS) is 1. The van der Waals surface area contributed by atoms with Crippen LogP contribution in [0.25, 0.3) is 11.1 Å². The van der Waals surface area contributed by atoms with Gasteiger partial charge in [0.05, 0.1) is 6.61 Å². The quantitative estimate of drug-likeness (QED) is 0.200. The van der Waals surface area contributed by atoms with Crippen LogP contribution in [-0.4, -0.2) is 86.8 Å². The van der Waals surface area contributed by atoms with Crippen molar-refractivity contribution in [1.29, 1.82) is 0 Å². The zero-order valence-electron chi connectivity index (χ0n) is 27.6. The summed E-state index contributed by atoms with van der Waals surface area (Å²) >= 11 is 0. The molecule has 0 aliphatic carbocycles. The number of aliphatic carboxylic acids is 1. The summed E-state index contributed by atoms with van der Waals surface area (Å²) in [5, 5.41) is 9.01. The van der Waals surface area contributed by atoms with E-state index in [-0.39, 0.29) is 45.1 Å². The first-order valence-electron chi connectivity index (χ1n) is 15.4. The summed E-state index contributed by atoms with van der Waals surface area (Å²) in [4.78, 5) is 45.9. The molecule has 0 radical (unpaired) electrons. The lowest BCUT2D eigenvalue weighted by atomic mass is 9.97. The number of hydrogen-bond acceptors (Lipinski definition) is 9. The van der Waals surface area contributed by atoms with Gasteiger partial charge in [-0.15, -0.1) is 0 Å². The summed E-state index contributed by atoms with van der Waals surface area (Å²) < 4.78 is 30.9. The second kappa shape index (κ2) is 14.9. The molecule has 1 aromatic heterocycles. The molecule has 0 spiro atoms. The Kier molecular flexibility index (Phi) is 12.0. The van der Waals surface area contributed by atoms with Gasteiger partial charge in [-0.2, -0.15) is 0 Å². The van der Waals surface area contributed by atoms with Crippen LogP contribution in [0.4, 0.5) is 9.59 Å². The van der Waals surface area contributed by atoms with Crippen LogP contribution in [0.3, 0.4) is 0 Å². The van der Waals surface area contributed by atoms with Gasteiger partial charge in [-0.1, -0.05) is 24.3 Å². The largest absolute Gasteiger partial charge is 0.480 e. The number of carbonyl (C=O) groups excluding carboxylic acids is 2. The fourth-order valence-electron chi connectivity index (χ4n) is 5.44. The van der Waals surface area contributed by atoms with Gasteiger partial charge >= 0.3 is 18.2 Å².